The third-order valence-electron chi connectivity index (χ3n) is 3.10. The van der Waals surface area contributed by atoms with E-state index in [1.54, 1.807) is 11.3 Å². The first kappa shape index (κ1) is 12.0. The highest BCUT2D eigenvalue weighted by molar-refractivity contribution is 7.13. The van der Waals surface area contributed by atoms with Gasteiger partial charge in [0.1, 0.15) is 11.5 Å². The van der Waals surface area contributed by atoms with E-state index in [0.29, 0.717) is 5.82 Å². The minimum absolute atomic E-state index is 0.664. The van der Waals surface area contributed by atoms with Gasteiger partial charge < -0.3 is 5.73 Å². The fraction of sp³-hybridized carbons (Fsp3) is 0.133. The Hall–Kier alpha value is -2.07. The fourth-order valence-corrected chi connectivity index (χ4v) is 2.76. The van der Waals surface area contributed by atoms with Crippen molar-refractivity contribution in [2.75, 3.05) is 5.73 Å². The van der Waals surface area contributed by atoms with E-state index in [2.05, 4.69) is 43.2 Å². The number of anilines is 1. The number of rotatable bonds is 2. The quantitative estimate of drug-likeness (QED) is 0.769. The molecule has 1 aromatic carbocycles. The van der Waals surface area contributed by atoms with Crippen molar-refractivity contribution in [1.82, 2.24) is 9.78 Å². The number of nitrogens with zero attached hydrogens (tertiary/aromatic N) is 2. The van der Waals surface area contributed by atoms with Gasteiger partial charge in [-0.2, -0.15) is 5.10 Å². The molecular weight excluding hydrogens is 254 g/mol. The molecule has 19 heavy (non-hydrogen) atoms. The van der Waals surface area contributed by atoms with E-state index >= 15 is 0 Å². The number of aromatic nitrogens is 2. The summed E-state index contributed by atoms with van der Waals surface area (Å²) in [7, 11) is 0. The molecule has 0 fully saturated rings. The first-order valence-electron chi connectivity index (χ1n) is 6.12. The molecule has 4 heteroatoms. The SMILES string of the molecule is Cc1ccc(C)c(-n2nc(-c3cccs3)cc2N)c1. The zero-order valence-corrected chi connectivity index (χ0v) is 11.7. The molecule has 96 valence electrons. The Labute approximate surface area is 116 Å². The van der Waals surface area contributed by atoms with Gasteiger partial charge in [-0.1, -0.05) is 18.2 Å². The van der Waals surface area contributed by atoms with E-state index in [4.69, 9.17) is 5.73 Å². The molecule has 0 spiro atoms. The fourth-order valence-electron chi connectivity index (χ4n) is 2.08. The van der Waals surface area contributed by atoms with Gasteiger partial charge in [-0.05, 0) is 42.5 Å². The third-order valence-corrected chi connectivity index (χ3v) is 4.00. The van der Waals surface area contributed by atoms with Crippen LogP contribution in [-0.2, 0) is 0 Å². The molecule has 0 bridgehead atoms. The molecule has 3 nitrogen and oxygen atoms in total. The Morgan fingerprint density at radius 1 is 1.16 bits per heavy atom. The Morgan fingerprint density at radius 3 is 2.74 bits per heavy atom. The van der Waals surface area contributed by atoms with E-state index in [1.165, 1.54) is 5.56 Å². The van der Waals surface area contributed by atoms with Crippen LogP contribution < -0.4 is 5.73 Å². The van der Waals surface area contributed by atoms with Crippen molar-refractivity contribution in [3.8, 4) is 16.3 Å². The summed E-state index contributed by atoms with van der Waals surface area (Å²) in [4.78, 5) is 1.13. The van der Waals surface area contributed by atoms with Crippen LogP contribution in [0.25, 0.3) is 16.3 Å². The number of nitrogens with two attached hydrogens (primary N) is 1. The normalized spacial score (nSPS) is 10.8. The predicted molar refractivity (Wildman–Crippen MR) is 80.8 cm³/mol. The summed E-state index contributed by atoms with van der Waals surface area (Å²) in [6, 6.07) is 12.3. The van der Waals surface area contributed by atoms with Crippen LogP contribution in [0.3, 0.4) is 0 Å². The molecule has 0 unspecified atom stereocenters. The van der Waals surface area contributed by atoms with Gasteiger partial charge in [-0.3, -0.25) is 0 Å². The summed E-state index contributed by atoms with van der Waals surface area (Å²) in [5, 5.41) is 6.67. The zero-order valence-electron chi connectivity index (χ0n) is 10.9. The number of hydrogen-bond acceptors (Lipinski definition) is 3. The smallest absolute Gasteiger partial charge is 0.127 e. The lowest BCUT2D eigenvalue weighted by Gasteiger charge is -2.08. The Kier molecular flexibility index (Phi) is 2.87. The van der Waals surface area contributed by atoms with Crippen molar-refractivity contribution in [3.05, 3.63) is 52.9 Å². The average Bonchev–Trinajstić information content (AvgIpc) is 3.01. The van der Waals surface area contributed by atoms with Crippen LogP contribution in [-0.4, -0.2) is 9.78 Å². The molecule has 0 saturated heterocycles. The maximum absolute atomic E-state index is 6.10. The van der Waals surface area contributed by atoms with Crippen molar-refractivity contribution in [2.45, 2.75) is 13.8 Å². The van der Waals surface area contributed by atoms with Crippen molar-refractivity contribution < 1.29 is 0 Å². The second-order valence-electron chi connectivity index (χ2n) is 4.63. The van der Waals surface area contributed by atoms with Crippen LogP contribution in [0.1, 0.15) is 11.1 Å². The largest absolute Gasteiger partial charge is 0.384 e. The van der Waals surface area contributed by atoms with Gasteiger partial charge in [0.25, 0.3) is 0 Å². The van der Waals surface area contributed by atoms with Gasteiger partial charge >= 0.3 is 0 Å². The molecule has 0 radical (unpaired) electrons. The van der Waals surface area contributed by atoms with Gasteiger partial charge in [-0.25, -0.2) is 4.68 Å². The minimum atomic E-state index is 0.664. The summed E-state index contributed by atoms with van der Waals surface area (Å²) >= 11 is 1.67. The summed E-state index contributed by atoms with van der Waals surface area (Å²) < 4.78 is 1.82. The first-order valence-corrected chi connectivity index (χ1v) is 7.00. The molecule has 3 rings (SSSR count). The van der Waals surface area contributed by atoms with Gasteiger partial charge in [0, 0.05) is 6.07 Å². The number of benzene rings is 1. The molecule has 0 aliphatic carbocycles. The molecule has 0 amide bonds. The second-order valence-corrected chi connectivity index (χ2v) is 5.58. The summed E-state index contributed by atoms with van der Waals surface area (Å²) in [5.74, 6) is 0.664. The lowest BCUT2D eigenvalue weighted by molar-refractivity contribution is 0.886. The van der Waals surface area contributed by atoms with Gasteiger partial charge in [-0.15, -0.1) is 11.3 Å². The Morgan fingerprint density at radius 2 is 2.00 bits per heavy atom. The van der Waals surface area contributed by atoms with Gasteiger partial charge in [0.2, 0.25) is 0 Å². The Balaban J connectivity index is 2.13. The molecule has 0 saturated carbocycles. The van der Waals surface area contributed by atoms with Crippen LogP contribution in [0.15, 0.2) is 41.8 Å². The average molecular weight is 269 g/mol. The van der Waals surface area contributed by atoms with Crippen LogP contribution >= 0.6 is 11.3 Å². The van der Waals surface area contributed by atoms with Crippen LogP contribution in [0.4, 0.5) is 5.82 Å². The number of thiophene rings is 1. The maximum Gasteiger partial charge on any atom is 0.127 e. The molecule has 2 aromatic heterocycles. The first-order chi connectivity index (χ1) is 9.15. The molecular formula is C15H15N3S. The van der Waals surface area contributed by atoms with Crippen LogP contribution in [0.5, 0.6) is 0 Å². The van der Waals surface area contributed by atoms with E-state index in [1.807, 2.05) is 22.2 Å². The highest BCUT2D eigenvalue weighted by atomic mass is 32.1. The molecule has 2 heterocycles. The molecule has 3 aromatic rings. The lowest BCUT2D eigenvalue weighted by Crippen LogP contribution is -2.03. The molecule has 2 N–H and O–H groups in total. The standard InChI is InChI=1S/C15H15N3S/c1-10-5-6-11(2)13(8-10)18-15(16)9-12(17-18)14-4-3-7-19-14/h3-9H,16H2,1-2H3. The second kappa shape index (κ2) is 4.55. The van der Waals surface area contributed by atoms with E-state index < -0.39 is 0 Å². The van der Waals surface area contributed by atoms with E-state index in [-0.39, 0.29) is 0 Å². The topological polar surface area (TPSA) is 43.8 Å². The van der Waals surface area contributed by atoms with Crippen molar-refractivity contribution in [2.24, 2.45) is 0 Å². The predicted octanol–water partition coefficient (Wildman–Crippen LogP) is 3.80. The molecule has 0 aliphatic heterocycles. The molecule has 0 aliphatic rings. The third kappa shape index (κ3) is 2.15. The summed E-state index contributed by atoms with van der Waals surface area (Å²) in [6.45, 7) is 4.14. The van der Waals surface area contributed by atoms with E-state index in [0.717, 1.165) is 21.8 Å². The van der Waals surface area contributed by atoms with Crippen LogP contribution in [0, 0.1) is 13.8 Å². The monoisotopic (exact) mass is 269 g/mol. The van der Waals surface area contributed by atoms with Crippen molar-refractivity contribution in [3.63, 3.8) is 0 Å². The minimum Gasteiger partial charge on any atom is -0.384 e. The summed E-state index contributed by atoms with van der Waals surface area (Å²) in [5.41, 5.74) is 10.4. The molecule has 0 atom stereocenters. The van der Waals surface area contributed by atoms with Gasteiger partial charge in [0.15, 0.2) is 0 Å². The van der Waals surface area contributed by atoms with Crippen molar-refractivity contribution >= 4 is 17.2 Å². The van der Waals surface area contributed by atoms with Crippen LogP contribution in [0.2, 0.25) is 0 Å². The summed E-state index contributed by atoms with van der Waals surface area (Å²) in [6.07, 6.45) is 0. The lowest BCUT2D eigenvalue weighted by atomic mass is 10.1. The zero-order chi connectivity index (χ0) is 13.4. The van der Waals surface area contributed by atoms with Crippen molar-refractivity contribution in [1.29, 1.82) is 0 Å². The van der Waals surface area contributed by atoms with Gasteiger partial charge in [0.05, 0.1) is 10.6 Å². The number of hydrogen-bond donors (Lipinski definition) is 1. The number of aryl methyl sites for hydroxylation is 2. The Bertz CT molecular complexity index is 711. The highest BCUT2D eigenvalue weighted by Gasteiger charge is 2.11. The van der Waals surface area contributed by atoms with E-state index in [9.17, 15) is 0 Å². The number of nitrogen functional groups attached to an aromatic ring is 1. The maximum atomic E-state index is 6.10. The highest BCUT2D eigenvalue weighted by Crippen LogP contribution is 2.27.